The van der Waals surface area contributed by atoms with Crippen LogP contribution in [0.5, 0.6) is 0 Å². The Bertz CT molecular complexity index is 1120. The van der Waals surface area contributed by atoms with Crippen LogP contribution in [-0.2, 0) is 19.6 Å². The predicted molar refractivity (Wildman–Crippen MR) is 128 cm³/mol. The van der Waals surface area contributed by atoms with Gasteiger partial charge >= 0.3 is 0 Å². The molecular formula is C25H29N3O4S. The van der Waals surface area contributed by atoms with Crippen LogP contribution < -0.4 is 5.32 Å². The molecule has 2 aliphatic rings. The fourth-order valence-electron chi connectivity index (χ4n) is 4.26. The number of benzene rings is 2. The van der Waals surface area contributed by atoms with Crippen LogP contribution in [0.1, 0.15) is 31.2 Å². The zero-order chi connectivity index (χ0) is 23.3. The summed E-state index contributed by atoms with van der Waals surface area (Å²) in [5, 5.41) is 2.87. The number of piperidine rings is 1. The summed E-state index contributed by atoms with van der Waals surface area (Å²) in [6.07, 6.45) is 6.26. The van der Waals surface area contributed by atoms with E-state index in [4.69, 9.17) is 0 Å². The van der Waals surface area contributed by atoms with Crippen LogP contribution in [0.25, 0.3) is 6.08 Å². The Balaban J connectivity index is 1.31. The lowest BCUT2D eigenvalue weighted by Crippen LogP contribution is -2.40. The Hall–Kier alpha value is -2.97. The minimum absolute atomic E-state index is 0.0578. The lowest BCUT2D eigenvalue weighted by molar-refractivity contribution is -0.130. The molecule has 4 rings (SSSR count). The highest BCUT2D eigenvalue weighted by molar-refractivity contribution is 7.89. The molecule has 174 valence electrons. The van der Waals surface area contributed by atoms with Crippen LogP contribution in [-0.4, -0.2) is 55.6 Å². The second-order valence-electron chi connectivity index (χ2n) is 8.47. The van der Waals surface area contributed by atoms with Crippen LogP contribution in [0, 0.1) is 5.92 Å². The van der Waals surface area contributed by atoms with Crippen molar-refractivity contribution in [2.75, 3.05) is 31.5 Å². The summed E-state index contributed by atoms with van der Waals surface area (Å²) in [5.41, 5.74) is 1.44. The molecule has 1 N–H and O–H groups in total. The zero-order valence-electron chi connectivity index (χ0n) is 18.5. The maximum absolute atomic E-state index is 12.8. The van der Waals surface area contributed by atoms with Gasteiger partial charge in [0.15, 0.2) is 0 Å². The fraction of sp³-hybridized carbons (Fsp3) is 0.360. The smallest absolute Gasteiger partial charge is 0.246 e. The number of nitrogens with zero attached hydrogens (tertiary/aromatic N) is 2. The van der Waals surface area contributed by atoms with Crippen LogP contribution in [0.15, 0.2) is 65.6 Å². The summed E-state index contributed by atoms with van der Waals surface area (Å²) in [6.45, 7) is 2.10. The van der Waals surface area contributed by atoms with Crippen LogP contribution >= 0.6 is 0 Å². The molecule has 8 heteroatoms. The largest absolute Gasteiger partial charge is 0.339 e. The third-order valence-electron chi connectivity index (χ3n) is 6.20. The summed E-state index contributed by atoms with van der Waals surface area (Å²) in [6, 6.07) is 16.1. The van der Waals surface area contributed by atoms with E-state index in [-0.39, 0.29) is 22.6 Å². The van der Waals surface area contributed by atoms with E-state index in [9.17, 15) is 18.0 Å². The topological polar surface area (TPSA) is 86.8 Å². The molecule has 2 amide bonds. The average molecular weight is 468 g/mol. The molecule has 2 heterocycles. The minimum Gasteiger partial charge on any atom is -0.339 e. The van der Waals surface area contributed by atoms with Gasteiger partial charge < -0.3 is 10.2 Å². The Morgan fingerprint density at radius 1 is 0.909 bits per heavy atom. The number of rotatable bonds is 6. The van der Waals surface area contributed by atoms with Crippen molar-refractivity contribution in [2.45, 2.75) is 30.6 Å². The van der Waals surface area contributed by atoms with Gasteiger partial charge in [-0.3, -0.25) is 9.59 Å². The molecule has 0 aliphatic carbocycles. The van der Waals surface area contributed by atoms with Crippen molar-refractivity contribution in [1.29, 1.82) is 0 Å². The van der Waals surface area contributed by atoms with Gasteiger partial charge in [-0.05, 0) is 55.5 Å². The van der Waals surface area contributed by atoms with Gasteiger partial charge in [-0.25, -0.2) is 8.42 Å². The van der Waals surface area contributed by atoms with Crippen molar-refractivity contribution in [3.8, 4) is 0 Å². The first-order chi connectivity index (χ1) is 15.9. The predicted octanol–water partition coefficient (Wildman–Crippen LogP) is 3.36. The quantitative estimate of drug-likeness (QED) is 0.660. The van der Waals surface area contributed by atoms with Crippen molar-refractivity contribution >= 4 is 33.6 Å². The summed E-state index contributed by atoms with van der Waals surface area (Å²) in [7, 11) is -3.53. The molecule has 0 unspecified atom stereocenters. The molecule has 33 heavy (non-hydrogen) atoms. The van der Waals surface area contributed by atoms with Gasteiger partial charge in [0, 0.05) is 43.9 Å². The molecule has 2 aliphatic heterocycles. The molecule has 2 fully saturated rings. The standard InChI is InChI=1S/C25H29N3O4S/c29-24(12-11-20-7-2-1-3-8-20)27-17-13-21(14-18-27)25(30)26-22-9-6-10-23(19-22)33(31,32)28-15-4-5-16-28/h1-3,6-12,19,21H,4-5,13-18H2,(H,26,30). The van der Waals surface area contributed by atoms with Crippen molar-refractivity contribution < 1.29 is 18.0 Å². The normalized spacial score (nSPS) is 18.0. The summed E-state index contributed by atoms with van der Waals surface area (Å²) < 4.78 is 27.1. The van der Waals surface area contributed by atoms with Gasteiger partial charge in [-0.1, -0.05) is 36.4 Å². The van der Waals surface area contributed by atoms with E-state index in [1.165, 1.54) is 10.4 Å². The Labute approximate surface area is 195 Å². The molecule has 7 nitrogen and oxygen atoms in total. The van der Waals surface area contributed by atoms with Crippen LogP contribution in [0.2, 0.25) is 0 Å². The fourth-order valence-corrected chi connectivity index (χ4v) is 5.82. The third-order valence-corrected chi connectivity index (χ3v) is 8.09. The molecule has 0 saturated carbocycles. The van der Waals surface area contributed by atoms with Gasteiger partial charge in [-0.2, -0.15) is 4.31 Å². The van der Waals surface area contributed by atoms with Gasteiger partial charge in [0.25, 0.3) is 0 Å². The van der Waals surface area contributed by atoms with E-state index in [0.717, 1.165) is 18.4 Å². The Kier molecular flexibility index (Phi) is 7.25. The Morgan fingerprint density at radius 3 is 2.30 bits per heavy atom. The molecule has 0 bridgehead atoms. The molecule has 0 atom stereocenters. The SMILES string of the molecule is O=C(Nc1cccc(S(=O)(=O)N2CCCC2)c1)C1CCN(C(=O)C=Cc2ccccc2)CC1. The van der Waals surface area contributed by atoms with Gasteiger partial charge in [0.2, 0.25) is 21.8 Å². The minimum atomic E-state index is -3.53. The van der Waals surface area contributed by atoms with Gasteiger partial charge in [0.1, 0.15) is 0 Å². The zero-order valence-corrected chi connectivity index (χ0v) is 19.3. The first kappa shape index (κ1) is 23.2. The van der Waals surface area contributed by atoms with E-state index < -0.39 is 10.0 Å². The van der Waals surface area contributed by atoms with Crippen molar-refractivity contribution in [2.24, 2.45) is 5.92 Å². The molecule has 0 aromatic heterocycles. The average Bonchev–Trinajstić information content (AvgIpc) is 3.39. The number of carbonyl (C=O) groups excluding carboxylic acids is 2. The van der Waals surface area contributed by atoms with Gasteiger partial charge in [-0.15, -0.1) is 0 Å². The number of sulfonamides is 1. The van der Waals surface area contributed by atoms with Crippen LogP contribution in [0.4, 0.5) is 5.69 Å². The number of carbonyl (C=O) groups is 2. The second-order valence-corrected chi connectivity index (χ2v) is 10.4. The number of likely N-dealkylation sites (tertiary alicyclic amines) is 1. The summed E-state index contributed by atoms with van der Waals surface area (Å²) in [4.78, 5) is 27.2. The highest BCUT2D eigenvalue weighted by Crippen LogP contribution is 2.25. The van der Waals surface area contributed by atoms with E-state index in [1.54, 1.807) is 35.3 Å². The van der Waals surface area contributed by atoms with E-state index in [2.05, 4.69) is 5.32 Å². The third kappa shape index (κ3) is 5.69. The van der Waals surface area contributed by atoms with E-state index >= 15 is 0 Å². The number of nitrogens with one attached hydrogen (secondary N) is 1. The number of hydrogen-bond donors (Lipinski definition) is 1. The highest BCUT2D eigenvalue weighted by Gasteiger charge is 2.29. The molecule has 0 spiro atoms. The molecule has 2 aromatic rings. The van der Waals surface area contributed by atoms with Crippen molar-refractivity contribution in [3.05, 3.63) is 66.2 Å². The lowest BCUT2D eigenvalue weighted by Gasteiger charge is -2.30. The number of amides is 2. The molecule has 2 saturated heterocycles. The first-order valence-corrected chi connectivity index (χ1v) is 12.8. The van der Waals surface area contributed by atoms with E-state index in [1.807, 2.05) is 30.3 Å². The van der Waals surface area contributed by atoms with Crippen LogP contribution in [0.3, 0.4) is 0 Å². The highest BCUT2D eigenvalue weighted by atomic mass is 32.2. The van der Waals surface area contributed by atoms with Crippen molar-refractivity contribution in [3.63, 3.8) is 0 Å². The molecular weight excluding hydrogens is 438 g/mol. The monoisotopic (exact) mass is 467 g/mol. The molecule has 0 radical (unpaired) electrons. The van der Waals surface area contributed by atoms with Crippen molar-refractivity contribution in [1.82, 2.24) is 9.21 Å². The number of anilines is 1. The molecule has 2 aromatic carbocycles. The first-order valence-electron chi connectivity index (χ1n) is 11.4. The summed E-state index contributed by atoms with van der Waals surface area (Å²) in [5.74, 6) is -0.416. The second kappa shape index (κ2) is 10.3. The van der Waals surface area contributed by atoms with Gasteiger partial charge in [0.05, 0.1) is 4.90 Å². The maximum Gasteiger partial charge on any atom is 0.246 e. The number of hydrogen-bond acceptors (Lipinski definition) is 4. The maximum atomic E-state index is 12.8. The Morgan fingerprint density at radius 2 is 1.61 bits per heavy atom. The summed E-state index contributed by atoms with van der Waals surface area (Å²) >= 11 is 0. The lowest BCUT2D eigenvalue weighted by atomic mass is 9.95. The van der Waals surface area contributed by atoms with E-state index in [0.29, 0.717) is 44.7 Å².